The van der Waals surface area contributed by atoms with Crippen LogP contribution < -0.4 is 0 Å². The average molecular weight is 266 g/mol. The van der Waals surface area contributed by atoms with Crippen molar-refractivity contribution in [3.8, 4) is 0 Å². The van der Waals surface area contributed by atoms with Crippen LogP contribution in [0.1, 0.15) is 32.5 Å². The molecule has 1 aromatic rings. The number of carbonyl (C=O) groups is 3. The summed E-state index contributed by atoms with van der Waals surface area (Å²) in [5, 5.41) is 3.67. The lowest BCUT2D eigenvalue weighted by Crippen LogP contribution is -2.37. The Balaban J connectivity index is 2.19. The number of aryl methyl sites for hydroxylation is 1. The Kier molecular flexibility index (Phi) is 3.32. The van der Waals surface area contributed by atoms with Crippen molar-refractivity contribution >= 4 is 17.8 Å². The minimum atomic E-state index is -0.866. The van der Waals surface area contributed by atoms with E-state index in [2.05, 4.69) is 10.1 Å². The van der Waals surface area contributed by atoms with Crippen LogP contribution in [0.5, 0.6) is 0 Å². The van der Waals surface area contributed by atoms with Crippen LogP contribution in [0.25, 0.3) is 0 Å². The third-order valence-electron chi connectivity index (χ3n) is 2.72. The number of carbonyl (C=O) groups excluding carboxylic acids is 3. The number of hydrogen-bond acceptors (Lipinski definition) is 6. The molecule has 1 saturated heterocycles. The van der Waals surface area contributed by atoms with Gasteiger partial charge in [0.25, 0.3) is 0 Å². The molecule has 8 nitrogen and oxygen atoms in total. The highest BCUT2D eigenvalue weighted by Crippen LogP contribution is 2.17. The van der Waals surface area contributed by atoms with Gasteiger partial charge in [-0.25, -0.2) is 9.69 Å². The quantitative estimate of drug-likeness (QED) is 0.575. The van der Waals surface area contributed by atoms with Gasteiger partial charge in [-0.15, -0.1) is 0 Å². The van der Waals surface area contributed by atoms with E-state index >= 15 is 0 Å². The van der Waals surface area contributed by atoms with Gasteiger partial charge in [0.2, 0.25) is 5.89 Å². The molecule has 0 spiro atoms. The van der Waals surface area contributed by atoms with E-state index in [9.17, 15) is 14.4 Å². The molecule has 0 bridgehead atoms. The highest BCUT2D eigenvalue weighted by molar-refractivity contribution is 6.44. The molecule has 1 aliphatic heterocycles. The molecule has 1 aromatic heterocycles. The Bertz CT molecular complexity index is 537. The van der Waals surface area contributed by atoms with Gasteiger partial charge in [-0.1, -0.05) is 12.1 Å². The van der Waals surface area contributed by atoms with Crippen LogP contribution in [0.3, 0.4) is 0 Å². The molecule has 1 aliphatic rings. The molecular formula is C11H14N4O4. The van der Waals surface area contributed by atoms with Crippen LogP contribution in [0.2, 0.25) is 0 Å². The summed E-state index contributed by atoms with van der Waals surface area (Å²) in [6, 6.07) is -1.02. The zero-order valence-corrected chi connectivity index (χ0v) is 10.9. The van der Waals surface area contributed by atoms with E-state index in [1.165, 1.54) is 0 Å². The molecule has 4 amide bonds. The number of imide groups is 2. The highest BCUT2D eigenvalue weighted by atomic mass is 16.5. The summed E-state index contributed by atoms with van der Waals surface area (Å²) in [5.74, 6) is -1.07. The Morgan fingerprint density at radius 1 is 1.21 bits per heavy atom. The molecule has 102 valence electrons. The molecule has 19 heavy (non-hydrogen) atoms. The first-order valence-corrected chi connectivity index (χ1v) is 5.96. The minimum Gasteiger partial charge on any atom is -0.337 e. The summed E-state index contributed by atoms with van der Waals surface area (Å²) in [6.45, 7) is 4.99. The van der Waals surface area contributed by atoms with Crippen molar-refractivity contribution < 1.29 is 18.9 Å². The fraction of sp³-hybridized carbons (Fsp3) is 0.545. The van der Waals surface area contributed by atoms with E-state index < -0.39 is 17.8 Å². The fourth-order valence-electron chi connectivity index (χ4n) is 1.75. The predicted octanol–water partition coefficient (Wildman–Crippen LogP) is 0.331. The molecule has 1 fully saturated rings. The zero-order valence-electron chi connectivity index (χ0n) is 10.9. The van der Waals surface area contributed by atoms with Crippen molar-refractivity contribution in [3.63, 3.8) is 0 Å². The van der Waals surface area contributed by atoms with Crippen LogP contribution in [0, 0.1) is 0 Å². The summed E-state index contributed by atoms with van der Waals surface area (Å²) >= 11 is 0. The number of amides is 4. The standard InChI is InChI=1S/C11H14N4O4/c1-4-7-12-8(19-13-7)5-14-9(16)10(17)15(6(2)3)11(14)18/h6H,4-5H2,1-3H3. The molecular weight excluding hydrogens is 252 g/mol. The SMILES string of the molecule is CCc1noc(CN2C(=O)C(=O)N(C(C)C)C2=O)n1. The van der Waals surface area contributed by atoms with E-state index in [0.717, 1.165) is 9.80 Å². The fourth-order valence-corrected chi connectivity index (χ4v) is 1.75. The van der Waals surface area contributed by atoms with Gasteiger partial charge in [-0.3, -0.25) is 14.5 Å². The minimum absolute atomic E-state index is 0.136. The summed E-state index contributed by atoms with van der Waals surface area (Å²) < 4.78 is 4.91. The molecule has 2 heterocycles. The van der Waals surface area contributed by atoms with Gasteiger partial charge in [-0.2, -0.15) is 4.98 Å². The molecule has 0 aromatic carbocycles. The monoisotopic (exact) mass is 266 g/mol. The normalized spacial score (nSPS) is 16.1. The first kappa shape index (κ1) is 13.2. The maximum Gasteiger partial charge on any atom is 0.334 e. The first-order valence-electron chi connectivity index (χ1n) is 5.96. The van der Waals surface area contributed by atoms with E-state index in [1.54, 1.807) is 13.8 Å². The Morgan fingerprint density at radius 3 is 2.37 bits per heavy atom. The summed E-state index contributed by atoms with van der Waals surface area (Å²) in [5.41, 5.74) is 0. The van der Waals surface area contributed by atoms with Crippen molar-refractivity contribution in [2.24, 2.45) is 0 Å². The summed E-state index contributed by atoms with van der Waals surface area (Å²) in [6.07, 6.45) is 0.586. The number of aromatic nitrogens is 2. The topological polar surface area (TPSA) is 96.6 Å². The van der Waals surface area contributed by atoms with Gasteiger partial charge in [0.05, 0.1) is 0 Å². The molecule has 2 rings (SSSR count). The van der Waals surface area contributed by atoms with Crippen LogP contribution in [0.15, 0.2) is 4.52 Å². The second kappa shape index (κ2) is 4.79. The number of hydrogen-bond donors (Lipinski definition) is 0. The largest absolute Gasteiger partial charge is 0.337 e. The van der Waals surface area contributed by atoms with Crippen LogP contribution in [-0.4, -0.2) is 43.8 Å². The molecule has 0 saturated carbocycles. The first-order chi connectivity index (χ1) is 8.95. The maximum atomic E-state index is 12.0. The molecule has 0 aliphatic carbocycles. The predicted molar refractivity (Wildman–Crippen MR) is 61.6 cm³/mol. The number of nitrogens with zero attached hydrogens (tertiary/aromatic N) is 4. The Hall–Kier alpha value is -2.25. The summed E-state index contributed by atoms with van der Waals surface area (Å²) in [4.78, 5) is 41.1. The van der Waals surface area contributed by atoms with Crippen LogP contribution in [0.4, 0.5) is 4.79 Å². The maximum absolute atomic E-state index is 12.0. The lowest BCUT2D eigenvalue weighted by molar-refractivity contribution is -0.144. The zero-order chi connectivity index (χ0) is 14.2. The van der Waals surface area contributed by atoms with E-state index in [-0.39, 0.29) is 18.5 Å². The highest BCUT2D eigenvalue weighted by Gasteiger charge is 2.46. The number of rotatable bonds is 4. The van der Waals surface area contributed by atoms with E-state index in [1.807, 2.05) is 6.92 Å². The third-order valence-corrected chi connectivity index (χ3v) is 2.72. The van der Waals surface area contributed by atoms with Gasteiger partial charge >= 0.3 is 17.8 Å². The van der Waals surface area contributed by atoms with Crippen LogP contribution >= 0.6 is 0 Å². The Labute approximate surface area is 109 Å². The lowest BCUT2D eigenvalue weighted by atomic mass is 10.3. The van der Waals surface area contributed by atoms with Crippen molar-refractivity contribution in [3.05, 3.63) is 11.7 Å². The molecule has 8 heteroatoms. The second-order valence-corrected chi connectivity index (χ2v) is 4.40. The lowest BCUT2D eigenvalue weighted by Gasteiger charge is -2.17. The van der Waals surface area contributed by atoms with Crippen molar-refractivity contribution in [2.45, 2.75) is 39.8 Å². The van der Waals surface area contributed by atoms with Crippen molar-refractivity contribution in [1.82, 2.24) is 19.9 Å². The molecule has 0 atom stereocenters. The summed E-state index contributed by atoms with van der Waals surface area (Å²) in [7, 11) is 0. The van der Waals surface area contributed by atoms with Gasteiger partial charge in [0.15, 0.2) is 5.82 Å². The Morgan fingerprint density at radius 2 is 1.89 bits per heavy atom. The van der Waals surface area contributed by atoms with Crippen molar-refractivity contribution in [1.29, 1.82) is 0 Å². The van der Waals surface area contributed by atoms with E-state index in [0.29, 0.717) is 12.2 Å². The van der Waals surface area contributed by atoms with Gasteiger partial charge in [-0.05, 0) is 13.8 Å². The van der Waals surface area contributed by atoms with Crippen LogP contribution in [-0.2, 0) is 22.6 Å². The molecule has 0 radical (unpaired) electrons. The molecule has 0 N–H and O–H groups in total. The van der Waals surface area contributed by atoms with Crippen molar-refractivity contribution in [2.75, 3.05) is 0 Å². The molecule has 0 unspecified atom stereocenters. The average Bonchev–Trinajstić information content (AvgIpc) is 2.89. The van der Waals surface area contributed by atoms with Gasteiger partial charge < -0.3 is 4.52 Å². The number of urea groups is 1. The second-order valence-electron chi connectivity index (χ2n) is 4.40. The van der Waals surface area contributed by atoms with Gasteiger partial charge in [0, 0.05) is 12.5 Å². The smallest absolute Gasteiger partial charge is 0.334 e. The van der Waals surface area contributed by atoms with Gasteiger partial charge in [0.1, 0.15) is 6.54 Å². The third kappa shape index (κ3) is 2.20. The van der Waals surface area contributed by atoms with E-state index in [4.69, 9.17) is 4.52 Å².